The lowest BCUT2D eigenvalue weighted by molar-refractivity contribution is -0.127. The van der Waals surface area contributed by atoms with E-state index in [9.17, 15) is 14.4 Å². The maximum absolute atomic E-state index is 12.6. The molecule has 10 nitrogen and oxygen atoms in total. The van der Waals surface area contributed by atoms with Crippen molar-refractivity contribution in [1.82, 2.24) is 5.32 Å². The van der Waals surface area contributed by atoms with Crippen LogP contribution >= 0.6 is 0 Å². The normalized spacial score (nSPS) is 15.0. The maximum atomic E-state index is 12.6. The third-order valence-electron chi connectivity index (χ3n) is 5.33. The number of hydrogen-bond acceptors (Lipinski definition) is 7. The molecule has 2 aromatic rings. The number of carbonyl (C=O) groups is 3. The number of hydrogen-bond donors (Lipinski definition) is 2. The molecule has 1 aliphatic rings. The third kappa shape index (κ3) is 5.69. The lowest BCUT2D eigenvalue weighted by Gasteiger charge is -2.20. The van der Waals surface area contributed by atoms with Gasteiger partial charge in [0.15, 0.2) is 11.5 Å². The second kappa shape index (κ2) is 11.3. The molecule has 1 saturated heterocycles. The molecule has 0 saturated carbocycles. The van der Waals surface area contributed by atoms with Gasteiger partial charge in [-0.3, -0.25) is 14.4 Å². The zero-order valence-corrected chi connectivity index (χ0v) is 19.7. The molecular weight excluding hydrogens is 442 g/mol. The summed E-state index contributed by atoms with van der Waals surface area (Å²) >= 11 is 0. The van der Waals surface area contributed by atoms with E-state index in [1.54, 1.807) is 36.4 Å². The molecule has 1 unspecified atom stereocenters. The van der Waals surface area contributed by atoms with E-state index in [-0.39, 0.29) is 37.2 Å². The zero-order valence-electron chi connectivity index (χ0n) is 19.7. The summed E-state index contributed by atoms with van der Waals surface area (Å²) in [7, 11) is 4.47. The molecule has 0 aliphatic carbocycles. The van der Waals surface area contributed by atoms with Crippen LogP contribution in [0.3, 0.4) is 0 Å². The van der Waals surface area contributed by atoms with Crippen LogP contribution in [-0.4, -0.2) is 58.7 Å². The highest BCUT2D eigenvalue weighted by molar-refractivity contribution is 6.01. The van der Waals surface area contributed by atoms with Gasteiger partial charge in [0, 0.05) is 30.8 Å². The predicted octanol–water partition coefficient (Wildman–Crippen LogP) is 2.22. The van der Waals surface area contributed by atoms with Gasteiger partial charge in [-0.25, -0.2) is 0 Å². The van der Waals surface area contributed by atoms with Crippen LogP contribution in [0.15, 0.2) is 36.4 Å². The minimum Gasteiger partial charge on any atom is -0.494 e. The van der Waals surface area contributed by atoms with Crippen LogP contribution in [0.25, 0.3) is 0 Å². The molecule has 3 amide bonds. The highest BCUT2D eigenvalue weighted by Gasteiger charge is 2.36. The van der Waals surface area contributed by atoms with Crippen molar-refractivity contribution in [2.75, 3.05) is 51.2 Å². The molecule has 1 fully saturated rings. The van der Waals surface area contributed by atoms with Crippen LogP contribution in [0.1, 0.15) is 13.3 Å². The number of anilines is 2. The van der Waals surface area contributed by atoms with E-state index in [1.807, 2.05) is 6.92 Å². The molecule has 1 aliphatic heterocycles. The maximum Gasteiger partial charge on any atom is 0.243 e. The van der Waals surface area contributed by atoms with Gasteiger partial charge >= 0.3 is 0 Å². The van der Waals surface area contributed by atoms with Gasteiger partial charge in [-0.1, -0.05) is 0 Å². The Bertz CT molecular complexity index is 1010. The van der Waals surface area contributed by atoms with E-state index < -0.39 is 5.92 Å². The fourth-order valence-electron chi connectivity index (χ4n) is 3.67. The van der Waals surface area contributed by atoms with Crippen LogP contribution in [-0.2, 0) is 14.4 Å². The quantitative estimate of drug-likeness (QED) is 0.546. The van der Waals surface area contributed by atoms with Gasteiger partial charge in [0.05, 0.1) is 46.1 Å². The van der Waals surface area contributed by atoms with Gasteiger partial charge in [0.25, 0.3) is 0 Å². The Morgan fingerprint density at radius 1 is 1.03 bits per heavy atom. The highest BCUT2D eigenvalue weighted by atomic mass is 16.5. The fraction of sp³-hybridized carbons (Fsp3) is 0.375. The van der Waals surface area contributed by atoms with Gasteiger partial charge in [-0.2, -0.15) is 0 Å². The molecule has 10 heteroatoms. The Labute approximate surface area is 198 Å². The van der Waals surface area contributed by atoms with Crippen molar-refractivity contribution in [3.05, 3.63) is 36.4 Å². The van der Waals surface area contributed by atoms with Gasteiger partial charge in [-0.05, 0) is 31.2 Å². The monoisotopic (exact) mass is 471 g/mol. The number of nitrogens with one attached hydrogen (secondary N) is 2. The highest BCUT2D eigenvalue weighted by Crippen LogP contribution is 2.42. The third-order valence-corrected chi connectivity index (χ3v) is 5.33. The van der Waals surface area contributed by atoms with Crippen molar-refractivity contribution >= 4 is 29.1 Å². The van der Waals surface area contributed by atoms with Crippen molar-refractivity contribution in [2.24, 2.45) is 5.92 Å². The van der Waals surface area contributed by atoms with E-state index >= 15 is 0 Å². The first kappa shape index (κ1) is 24.7. The number of rotatable bonds is 10. The summed E-state index contributed by atoms with van der Waals surface area (Å²) in [5.41, 5.74) is 1.12. The Hall–Kier alpha value is -3.95. The average molecular weight is 472 g/mol. The van der Waals surface area contributed by atoms with Crippen molar-refractivity contribution in [1.29, 1.82) is 0 Å². The molecule has 0 spiro atoms. The first-order valence-electron chi connectivity index (χ1n) is 10.8. The Balaban J connectivity index is 1.58. The summed E-state index contributed by atoms with van der Waals surface area (Å²) in [5.74, 6) is 0.378. The molecule has 0 aromatic heterocycles. The molecule has 0 radical (unpaired) electrons. The summed E-state index contributed by atoms with van der Waals surface area (Å²) in [6, 6.07) is 10.2. The summed E-state index contributed by atoms with van der Waals surface area (Å²) in [6.07, 6.45) is 0.0308. The zero-order chi connectivity index (χ0) is 24.7. The lowest BCUT2D eigenvalue weighted by Crippen LogP contribution is -2.37. The van der Waals surface area contributed by atoms with E-state index in [0.717, 1.165) is 0 Å². The molecule has 1 heterocycles. The molecule has 34 heavy (non-hydrogen) atoms. The van der Waals surface area contributed by atoms with Crippen molar-refractivity contribution in [3.63, 3.8) is 0 Å². The van der Waals surface area contributed by atoms with Crippen molar-refractivity contribution in [2.45, 2.75) is 13.3 Å². The second-order valence-electron chi connectivity index (χ2n) is 7.51. The summed E-state index contributed by atoms with van der Waals surface area (Å²) in [4.78, 5) is 39.0. The van der Waals surface area contributed by atoms with Crippen molar-refractivity contribution in [3.8, 4) is 23.0 Å². The van der Waals surface area contributed by atoms with Crippen molar-refractivity contribution < 1.29 is 33.3 Å². The summed E-state index contributed by atoms with van der Waals surface area (Å²) in [6.45, 7) is 2.41. The number of ether oxygens (including phenoxy) is 4. The molecule has 182 valence electrons. The lowest BCUT2D eigenvalue weighted by atomic mass is 10.1. The van der Waals surface area contributed by atoms with E-state index in [2.05, 4.69) is 10.6 Å². The molecule has 2 aromatic carbocycles. The van der Waals surface area contributed by atoms with Crippen LogP contribution in [0.5, 0.6) is 23.0 Å². The van der Waals surface area contributed by atoms with Crippen LogP contribution in [0.4, 0.5) is 11.4 Å². The van der Waals surface area contributed by atoms with E-state index in [4.69, 9.17) is 18.9 Å². The van der Waals surface area contributed by atoms with Crippen LogP contribution < -0.4 is 34.5 Å². The Morgan fingerprint density at radius 2 is 1.68 bits per heavy atom. The topological polar surface area (TPSA) is 115 Å². The summed E-state index contributed by atoms with van der Waals surface area (Å²) < 4.78 is 21.4. The SMILES string of the molecule is CCOc1ccc(NC(=O)CNC(=O)C2CC(=O)N(c3cc(OC)c(OC)c(OC)c3)C2)cc1. The van der Waals surface area contributed by atoms with Gasteiger partial charge < -0.3 is 34.5 Å². The molecule has 2 N–H and O–H groups in total. The second-order valence-corrected chi connectivity index (χ2v) is 7.51. The number of benzene rings is 2. The first-order valence-corrected chi connectivity index (χ1v) is 10.8. The van der Waals surface area contributed by atoms with Crippen LogP contribution in [0.2, 0.25) is 0 Å². The minimum atomic E-state index is -0.593. The Morgan fingerprint density at radius 3 is 2.24 bits per heavy atom. The minimum absolute atomic E-state index is 0.0308. The van der Waals surface area contributed by atoms with Crippen LogP contribution in [0, 0.1) is 5.92 Å². The molecular formula is C24H29N3O7. The predicted molar refractivity (Wildman–Crippen MR) is 126 cm³/mol. The first-order chi connectivity index (χ1) is 16.4. The number of carbonyl (C=O) groups excluding carboxylic acids is 3. The molecule has 1 atom stereocenters. The Kier molecular flexibility index (Phi) is 8.18. The average Bonchev–Trinajstić information content (AvgIpc) is 3.24. The number of nitrogens with zero attached hydrogens (tertiary/aromatic N) is 1. The largest absolute Gasteiger partial charge is 0.494 e. The molecule has 0 bridgehead atoms. The summed E-state index contributed by atoms with van der Waals surface area (Å²) in [5, 5.41) is 5.32. The van der Waals surface area contributed by atoms with Gasteiger partial charge in [0.1, 0.15) is 5.75 Å². The van der Waals surface area contributed by atoms with E-state index in [1.165, 1.54) is 26.2 Å². The number of amides is 3. The molecule has 3 rings (SSSR count). The van der Waals surface area contributed by atoms with E-state index in [0.29, 0.717) is 41.0 Å². The van der Waals surface area contributed by atoms with Gasteiger partial charge in [-0.15, -0.1) is 0 Å². The standard InChI is InChI=1S/C24H29N3O7/c1-5-34-18-8-6-16(7-9-18)26-21(28)13-25-24(30)15-10-22(29)27(14-15)17-11-19(31-2)23(33-4)20(12-17)32-3/h6-9,11-12,15H,5,10,13-14H2,1-4H3,(H,25,30)(H,26,28). The van der Waals surface area contributed by atoms with Gasteiger partial charge in [0.2, 0.25) is 23.5 Å². The number of methoxy groups -OCH3 is 3. The smallest absolute Gasteiger partial charge is 0.243 e. The fourth-order valence-corrected chi connectivity index (χ4v) is 3.67.